The SMILES string of the molecule is Cc1c(F)cccc1N=c1oc2cc(O)ccc2cc1C(=O)NCc1ccco1. The number of carbonyl (C=O) groups is 1. The Morgan fingerprint density at radius 1 is 1.17 bits per heavy atom. The molecule has 0 aliphatic rings. The quantitative estimate of drug-likeness (QED) is 0.541. The van der Waals surface area contributed by atoms with Gasteiger partial charge in [0.05, 0.1) is 18.5 Å². The number of hydrogen-bond acceptors (Lipinski definition) is 5. The van der Waals surface area contributed by atoms with Crippen molar-refractivity contribution in [1.29, 1.82) is 0 Å². The lowest BCUT2D eigenvalue weighted by atomic mass is 10.1. The maximum Gasteiger partial charge on any atom is 0.257 e. The summed E-state index contributed by atoms with van der Waals surface area (Å²) in [5.74, 6) is -0.217. The first-order valence-corrected chi connectivity index (χ1v) is 8.88. The van der Waals surface area contributed by atoms with E-state index in [1.54, 1.807) is 37.3 Å². The van der Waals surface area contributed by atoms with Crippen LogP contribution in [0.25, 0.3) is 11.0 Å². The number of phenolic OH excluding ortho intramolecular Hbond substituents is 1. The van der Waals surface area contributed by atoms with Crippen molar-refractivity contribution in [2.45, 2.75) is 13.5 Å². The number of hydrogen-bond donors (Lipinski definition) is 2. The molecule has 0 bridgehead atoms. The normalized spacial score (nSPS) is 11.7. The van der Waals surface area contributed by atoms with Crippen LogP contribution in [0.4, 0.5) is 10.1 Å². The molecule has 2 aromatic carbocycles. The first-order valence-electron chi connectivity index (χ1n) is 8.88. The smallest absolute Gasteiger partial charge is 0.257 e. The van der Waals surface area contributed by atoms with E-state index in [0.29, 0.717) is 28.0 Å². The van der Waals surface area contributed by atoms with Gasteiger partial charge >= 0.3 is 0 Å². The zero-order chi connectivity index (χ0) is 20.4. The number of fused-ring (bicyclic) bond motifs is 1. The molecule has 0 saturated carbocycles. The van der Waals surface area contributed by atoms with E-state index in [2.05, 4.69) is 10.3 Å². The zero-order valence-electron chi connectivity index (χ0n) is 15.5. The minimum Gasteiger partial charge on any atom is -0.508 e. The van der Waals surface area contributed by atoms with Crippen LogP contribution in [0.5, 0.6) is 5.75 Å². The van der Waals surface area contributed by atoms with E-state index in [1.807, 2.05) is 0 Å². The summed E-state index contributed by atoms with van der Waals surface area (Å²) in [6.07, 6.45) is 1.52. The highest BCUT2D eigenvalue weighted by Crippen LogP contribution is 2.22. The van der Waals surface area contributed by atoms with Crippen LogP contribution in [0.3, 0.4) is 0 Å². The molecule has 0 saturated heterocycles. The second-order valence-electron chi connectivity index (χ2n) is 6.45. The molecule has 0 fully saturated rings. The number of aromatic hydroxyl groups is 1. The van der Waals surface area contributed by atoms with Crippen LogP contribution < -0.4 is 10.9 Å². The highest BCUT2D eigenvalue weighted by Gasteiger charge is 2.14. The Hall–Kier alpha value is -3.87. The second-order valence-corrected chi connectivity index (χ2v) is 6.45. The van der Waals surface area contributed by atoms with Gasteiger partial charge in [0.25, 0.3) is 5.91 Å². The minimum absolute atomic E-state index is 0.00810. The van der Waals surface area contributed by atoms with E-state index in [4.69, 9.17) is 8.83 Å². The highest BCUT2D eigenvalue weighted by atomic mass is 19.1. The summed E-state index contributed by atoms with van der Waals surface area (Å²) in [7, 11) is 0. The van der Waals surface area contributed by atoms with E-state index in [9.17, 15) is 14.3 Å². The maximum absolute atomic E-state index is 13.9. The predicted octanol–water partition coefficient (Wildman–Crippen LogP) is 4.34. The molecule has 146 valence electrons. The van der Waals surface area contributed by atoms with Crippen molar-refractivity contribution in [3.8, 4) is 5.75 Å². The van der Waals surface area contributed by atoms with Gasteiger partial charge < -0.3 is 19.3 Å². The van der Waals surface area contributed by atoms with Crippen molar-refractivity contribution >= 4 is 22.6 Å². The van der Waals surface area contributed by atoms with Crippen molar-refractivity contribution in [2.24, 2.45) is 4.99 Å². The lowest BCUT2D eigenvalue weighted by Crippen LogP contribution is -2.28. The van der Waals surface area contributed by atoms with E-state index in [-0.39, 0.29) is 23.4 Å². The molecule has 6 nitrogen and oxygen atoms in total. The summed E-state index contributed by atoms with van der Waals surface area (Å²) in [6, 6.07) is 14.1. The van der Waals surface area contributed by atoms with Crippen molar-refractivity contribution in [2.75, 3.05) is 0 Å². The molecule has 7 heteroatoms. The average Bonchev–Trinajstić information content (AvgIpc) is 3.23. The zero-order valence-corrected chi connectivity index (χ0v) is 15.5. The Balaban J connectivity index is 1.83. The molecule has 2 N–H and O–H groups in total. The fraction of sp³-hybridized carbons (Fsp3) is 0.0909. The first kappa shape index (κ1) is 18.5. The van der Waals surface area contributed by atoms with Gasteiger partial charge in [-0.1, -0.05) is 6.07 Å². The van der Waals surface area contributed by atoms with Gasteiger partial charge in [-0.15, -0.1) is 0 Å². The molecule has 4 aromatic rings. The second kappa shape index (κ2) is 7.63. The topological polar surface area (TPSA) is 88.0 Å². The van der Waals surface area contributed by atoms with Gasteiger partial charge in [-0.3, -0.25) is 4.79 Å². The molecule has 2 heterocycles. The fourth-order valence-electron chi connectivity index (χ4n) is 2.86. The van der Waals surface area contributed by atoms with E-state index < -0.39 is 11.7 Å². The Kier molecular flexibility index (Phi) is 4.87. The van der Waals surface area contributed by atoms with Crippen molar-refractivity contribution in [3.63, 3.8) is 0 Å². The standard InChI is InChI=1S/C22H17FN2O4/c1-13-18(23)5-2-6-19(13)25-22-17(21(27)24-12-16-4-3-9-28-16)10-14-7-8-15(26)11-20(14)29-22/h2-11,26H,12H2,1H3,(H,24,27). The van der Waals surface area contributed by atoms with E-state index in [1.165, 1.54) is 30.5 Å². The molecule has 0 unspecified atom stereocenters. The number of nitrogens with one attached hydrogen (secondary N) is 1. The van der Waals surface area contributed by atoms with E-state index >= 15 is 0 Å². The molecule has 0 aliphatic carbocycles. The Morgan fingerprint density at radius 3 is 2.83 bits per heavy atom. The van der Waals surface area contributed by atoms with Gasteiger partial charge in [0, 0.05) is 17.0 Å². The third-order valence-electron chi connectivity index (χ3n) is 4.44. The van der Waals surface area contributed by atoms with Crippen LogP contribution in [0.1, 0.15) is 21.7 Å². The average molecular weight is 392 g/mol. The number of amides is 1. The van der Waals surface area contributed by atoms with Gasteiger partial charge in [-0.05, 0) is 49.4 Å². The summed E-state index contributed by atoms with van der Waals surface area (Å²) >= 11 is 0. The summed E-state index contributed by atoms with van der Waals surface area (Å²) < 4.78 is 24.9. The monoisotopic (exact) mass is 392 g/mol. The fourth-order valence-corrected chi connectivity index (χ4v) is 2.86. The van der Waals surface area contributed by atoms with Gasteiger partial charge in [-0.2, -0.15) is 0 Å². The summed E-state index contributed by atoms with van der Waals surface area (Å²) in [4.78, 5) is 17.2. The third kappa shape index (κ3) is 3.89. The van der Waals surface area contributed by atoms with Crippen molar-refractivity contribution < 1.29 is 23.1 Å². The summed E-state index contributed by atoms with van der Waals surface area (Å²) in [6.45, 7) is 1.79. The largest absolute Gasteiger partial charge is 0.508 e. The van der Waals surface area contributed by atoms with Crippen molar-refractivity contribution in [1.82, 2.24) is 5.32 Å². The van der Waals surface area contributed by atoms with E-state index in [0.717, 1.165) is 0 Å². The minimum atomic E-state index is -0.423. The van der Waals surface area contributed by atoms with Crippen LogP contribution in [-0.2, 0) is 6.54 Å². The molecule has 4 rings (SSSR count). The molecule has 2 aromatic heterocycles. The molecule has 0 aliphatic heterocycles. The summed E-state index contributed by atoms with van der Waals surface area (Å²) in [5.41, 5.74) is 1.21. The highest BCUT2D eigenvalue weighted by molar-refractivity contribution is 5.96. The Bertz CT molecular complexity index is 1260. The molecular formula is C22H17FN2O4. The van der Waals surface area contributed by atoms with Crippen LogP contribution in [0.2, 0.25) is 0 Å². The predicted molar refractivity (Wildman–Crippen MR) is 104 cm³/mol. The first-order chi connectivity index (χ1) is 14.0. The van der Waals surface area contributed by atoms with Gasteiger partial charge in [0.1, 0.15) is 28.5 Å². The Morgan fingerprint density at radius 2 is 2.03 bits per heavy atom. The third-order valence-corrected chi connectivity index (χ3v) is 4.44. The summed E-state index contributed by atoms with van der Waals surface area (Å²) in [5, 5.41) is 13.1. The molecule has 0 radical (unpaired) electrons. The number of furan rings is 1. The molecular weight excluding hydrogens is 375 g/mol. The molecule has 1 amide bonds. The van der Waals surface area contributed by atoms with Crippen LogP contribution in [-0.4, -0.2) is 11.0 Å². The lowest BCUT2D eigenvalue weighted by molar-refractivity contribution is 0.0944. The maximum atomic E-state index is 13.9. The number of phenols is 1. The molecule has 29 heavy (non-hydrogen) atoms. The number of carbonyl (C=O) groups excluding carboxylic acids is 1. The number of halogens is 1. The van der Waals surface area contributed by atoms with Crippen LogP contribution in [0.15, 0.2) is 74.7 Å². The van der Waals surface area contributed by atoms with Gasteiger partial charge in [-0.25, -0.2) is 9.38 Å². The van der Waals surface area contributed by atoms with Gasteiger partial charge in [0.15, 0.2) is 0 Å². The lowest BCUT2D eigenvalue weighted by Gasteiger charge is -2.07. The van der Waals surface area contributed by atoms with Crippen molar-refractivity contribution in [3.05, 3.63) is 89.1 Å². The number of nitrogens with zero attached hydrogens (tertiary/aromatic N) is 1. The number of rotatable bonds is 4. The molecule has 0 atom stereocenters. The number of benzene rings is 2. The van der Waals surface area contributed by atoms with Crippen LogP contribution >= 0.6 is 0 Å². The van der Waals surface area contributed by atoms with Gasteiger partial charge in [0.2, 0.25) is 5.55 Å². The van der Waals surface area contributed by atoms with Crippen LogP contribution in [0, 0.1) is 12.7 Å². The Labute approximate surface area is 164 Å². The molecule has 0 spiro atoms.